The zero-order valence-electron chi connectivity index (χ0n) is 9.15. The summed E-state index contributed by atoms with van der Waals surface area (Å²) in [5, 5.41) is 8.03. The number of carbonyl (C=O) groups is 1. The van der Waals surface area contributed by atoms with Gasteiger partial charge in [0.15, 0.2) is 0 Å². The molecule has 0 aromatic carbocycles. The smallest absolute Gasteiger partial charge is 1.00 e. The summed E-state index contributed by atoms with van der Waals surface area (Å²) in [5.41, 5.74) is 0. The van der Waals surface area contributed by atoms with Crippen molar-refractivity contribution in [3.63, 3.8) is 0 Å². The molecule has 0 aromatic rings. The third kappa shape index (κ3) is 17.5. The Morgan fingerprint density at radius 2 is 1.75 bits per heavy atom. The molecule has 0 spiro atoms. The van der Waals surface area contributed by atoms with Crippen LogP contribution < -0.4 is 59.1 Å². The van der Waals surface area contributed by atoms with E-state index >= 15 is 0 Å². The summed E-state index contributed by atoms with van der Waals surface area (Å²) < 4.78 is 28.1. The summed E-state index contributed by atoms with van der Waals surface area (Å²) in [4.78, 5) is 9.81. The monoisotopic (exact) mass is 216 g/mol. The molecule has 0 rings (SSSR count). The number of hydrogen-bond donors (Lipinski definition) is 2. The van der Waals surface area contributed by atoms with Crippen molar-refractivity contribution in [3.05, 3.63) is 0 Å². The van der Waals surface area contributed by atoms with Gasteiger partial charge in [0.2, 0.25) is 0 Å². The Hall–Kier alpha value is 1.38. The Kier molecular flexibility index (Phi) is 14.2. The number of aliphatic carboxylic acids is 1. The first kappa shape index (κ1) is 19.0. The van der Waals surface area contributed by atoms with Crippen LogP contribution in [0.3, 0.4) is 0 Å². The van der Waals surface area contributed by atoms with Gasteiger partial charge in [0.25, 0.3) is 10.1 Å². The van der Waals surface area contributed by atoms with E-state index in [4.69, 9.17) is 9.66 Å². The molecule has 0 aliphatic carbocycles. The molecular weight excluding hydrogens is 206 g/mol. The number of rotatable bonds is 4. The van der Waals surface area contributed by atoms with Crippen LogP contribution in [0.4, 0.5) is 0 Å². The van der Waals surface area contributed by atoms with Crippen molar-refractivity contribution in [2.45, 2.75) is 12.8 Å². The van der Waals surface area contributed by atoms with Crippen LogP contribution in [0, 0.1) is 0 Å². The van der Waals surface area contributed by atoms with Crippen molar-refractivity contribution >= 4 is 16.1 Å². The first-order valence-corrected chi connectivity index (χ1v) is 4.20. The Morgan fingerprint density at radius 3 is 2.00 bits per heavy atom. The molecule has 0 saturated carbocycles. The van der Waals surface area contributed by atoms with Gasteiger partial charge < -0.3 is 7.96 Å². The van der Waals surface area contributed by atoms with Crippen LogP contribution in [-0.4, -0.2) is 29.8 Å². The van der Waals surface area contributed by atoms with E-state index in [1.807, 2.05) is 0 Å². The fraction of sp³-hybridized carbons (Fsp3) is 0.750. The van der Waals surface area contributed by atoms with E-state index in [1.165, 1.54) is 0 Å². The van der Waals surface area contributed by atoms with Gasteiger partial charge in [-0.05, 0) is 6.42 Å². The summed E-state index contributed by atoms with van der Waals surface area (Å²) in [7, 11) is -3.98. The van der Waals surface area contributed by atoms with Gasteiger partial charge in [-0.2, -0.15) is 8.42 Å². The van der Waals surface area contributed by atoms with E-state index < -0.39 is 21.8 Å². The zero-order chi connectivity index (χ0) is 8.20. The normalized spacial score (nSPS) is 9.42. The second-order valence-corrected chi connectivity index (χ2v) is 3.36. The number of carboxylic acids is 1. The van der Waals surface area contributed by atoms with Crippen LogP contribution >= 0.6 is 0 Å². The van der Waals surface area contributed by atoms with Gasteiger partial charge in [-0.3, -0.25) is 9.35 Å². The maximum atomic E-state index is 9.98. The van der Waals surface area contributed by atoms with E-state index in [1.54, 1.807) is 0 Å². The molecule has 8 heteroatoms. The Morgan fingerprint density at radius 1 is 1.33 bits per heavy atom. The largest absolute Gasteiger partial charge is 1.00 e. The minimum Gasteiger partial charge on any atom is -1.00 e. The van der Waals surface area contributed by atoms with Crippen LogP contribution in [0.1, 0.15) is 15.7 Å². The standard InChI is InChI=1S/C4H8O5S.2Na.2H/c5-4(6)2-1-3-10(7,8)9;;;;/h1-3H2,(H,5,6)(H,7,8,9);;;;/q;2*+1;2*-1. The SMILES string of the molecule is O=C(O)CCCS(=O)(=O)O.[H-].[H-].[Na+].[Na+]. The van der Waals surface area contributed by atoms with Crippen LogP contribution in [0.15, 0.2) is 0 Å². The van der Waals surface area contributed by atoms with Gasteiger partial charge in [0.1, 0.15) is 0 Å². The summed E-state index contributed by atoms with van der Waals surface area (Å²) in [5.74, 6) is -1.55. The van der Waals surface area contributed by atoms with Gasteiger partial charge >= 0.3 is 65.1 Å². The van der Waals surface area contributed by atoms with Crippen LogP contribution in [0.2, 0.25) is 0 Å². The number of carboxylic acid groups (broad SMARTS) is 1. The zero-order valence-corrected chi connectivity index (χ0v) is 12.0. The van der Waals surface area contributed by atoms with E-state index in [9.17, 15) is 13.2 Å². The first-order valence-electron chi connectivity index (χ1n) is 2.59. The third-order valence-corrected chi connectivity index (χ3v) is 1.60. The van der Waals surface area contributed by atoms with Gasteiger partial charge in [-0.25, -0.2) is 0 Å². The molecule has 12 heavy (non-hydrogen) atoms. The molecule has 5 nitrogen and oxygen atoms in total. The molecule has 2 N–H and O–H groups in total. The topological polar surface area (TPSA) is 91.7 Å². The van der Waals surface area contributed by atoms with E-state index in [0.29, 0.717) is 0 Å². The summed E-state index contributed by atoms with van der Waals surface area (Å²) >= 11 is 0. The maximum Gasteiger partial charge on any atom is 1.00 e. The minimum absolute atomic E-state index is 0. The van der Waals surface area contributed by atoms with Gasteiger partial charge in [0, 0.05) is 6.42 Å². The molecule has 0 aliphatic rings. The van der Waals surface area contributed by atoms with E-state index in [0.717, 1.165) is 0 Å². The predicted octanol–water partition coefficient (Wildman–Crippen LogP) is -6.03. The molecule has 0 aromatic heterocycles. The molecule has 0 amide bonds. The van der Waals surface area contributed by atoms with Crippen molar-refractivity contribution in [1.29, 1.82) is 0 Å². The fourth-order valence-corrected chi connectivity index (χ4v) is 0.915. The number of hydrogen-bond acceptors (Lipinski definition) is 3. The quantitative estimate of drug-likeness (QED) is 0.360. The van der Waals surface area contributed by atoms with Gasteiger partial charge in [0.05, 0.1) is 5.75 Å². The molecular formula is C4H10Na2O5S. The fourth-order valence-electron chi connectivity index (χ4n) is 0.406. The Balaban J connectivity index is -0.0000000675. The van der Waals surface area contributed by atoms with Crippen molar-refractivity contribution in [3.8, 4) is 0 Å². The van der Waals surface area contributed by atoms with Crippen molar-refractivity contribution in [2.24, 2.45) is 0 Å². The average Bonchev–Trinajstić information content (AvgIpc) is 1.59. The van der Waals surface area contributed by atoms with E-state index in [-0.39, 0.29) is 74.8 Å². The van der Waals surface area contributed by atoms with Crippen LogP contribution in [0.25, 0.3) is 0 Å². The molecule has 0 aliphatic heterocycles. The van der Waals surface area contributed by atoms with Crippen molar-refractivity contribution in [1.82, 2.24) is 0 Å². The molecule has 0 unspecified atom stereocenters. The van der Waals surface area contributed by atoms with Crippen LogP contribution in [0.5, 0.6) is 0 Å². The molecule has 0 heterocycles. The molecule has 0 saturated heterocycles. The maximum absolute atomic E-state index is 9.98. The predicted molar refractivity (Wildman–Crippen MR) is 35.5 cm³/mol. The molecule has 0 radical (unpaired) electrons. The Labute approximate surface area is 118 Å². The first-order chi connectivity index (χ1) is 4.42. The van der Waals surface area contributed by atoms with Crippen LogP contribution in [-0.2, 0) is 14.9 Å². The van der Waals surface area contributed by atoms with Crippen molar-refractivity contribution < 1.29 is 84.8 Å². The molecule has 0 fully saturated rings. The summed E-state index contributed by atoms with van der Waals surface area (Å²) in [6.45, 7) is 0. The summed E-state index contributed by atoms with van der Waals surface area (Å²) in [6, 6.07) is 0. The minimum atomic E-state index is -3.98. The second kappa shape index (κ2) is 8.96. The molecule has 0 bridgehead atoms. The van der Waals surface area contributed by atoms with Gasteiger partial charge in [-0.1, -0.05) is 0 Å². The van der Waals surface area contributed by atoms with E-state index in [2.05, 4.69) is 0 Å². The summed E-state index contributed by atoms with van der Waals surface area (Å²) in [6.07, 6.45) is -0.284. The average molecular weight is 216 g/mol. The molecule has 0 atom stereocenters. The van der Waals surface area contributed by atoms with Crippen molar-refractivity contribution in [2.75, 3.05) is 5.75 Å². The Bertz CT molecular complexity index is 220. The third-order valence-electron chi connectivity index (χ3n) is 0.793. The molecule has 64 valence electrons. The second-order valence-electron chi connectivity index (χ2n) is 1.78. The van der Waals surface area contributed by atoms with Gasteiger partial charge in [-0.15, -0.1) is 0 Å².